The molecular weight excluding hydrogens is 295 g/mol. The highest BCUT2D eigenvalue weighted by molar-refractivity contribution is 9.09. The third-order valence-corrected chi connectivity index (χ3v) is 4.89. The van der Waals surface area contributed by atoms with Crippen LogP contribution in [0.2, 0.25) is 0 Å². The minimum atomic E-state index is -0.203. The minimum Gasteiger partial charge on any atom is -0.461 e. The van der Waals surface area contributed by atoms with E-state index < -0.39 is 0 Å². The van der Waals surface area contributed by atoms with Crippen LogP contribution in [0.3, 0.4) is 0 Å². The molecule has 18 heavy (non-hydrogen) atoms. The first-order valence-electron chi connectivity index (χ1n) is 6.57. The van der Waals surface area contributed by atoms with Gasteiger partial charge in [0.2, 0.25) is 0 Å². The largest absolute Gasteiger partial charge is 0.461 e. The molecular formula is C15H16BrFO. The van der Waals surface area contributed by atoms with Crippen molar-refractivity contribution in [1.82, 2.24) is 0 Å². The van der Waals surface area contributed by atoms with Gasteiger partial charge in [-0.2, -0.15) is 0 Å². The summed E-state index contributed by atoms with van der Waals surface area (Å²) < 4.78 is 19.1. The molecule has 2 atom stereocenters. The molecule has 1 aromatic carbocycles. The Labute approximate surface area is 114 Å². The highest BCUT2D eigenvalue weighted by Gasteiger charge is 2.25. The topological polar surface area (TPSA) is 13.1 Å². The van der Waals surface area contributed by atoms with Gasteiger partial charge >= 0.3 is 0 Å². The zero-order valence-electron chi connectivity index (χ0n) is 10.2. The number of benzene rings is 1. The summed E-state index contributed by atoms with van der Waals surface area (Å²) in [5.74, 6) is 1.22. The lowest BCUT2D eigenvalue weighted by molar-refractivity contribution is 0.465. The van der Waals surface area contributed by atoms with Gasteiger partial charge in [-0.15, -0.1) is 0 Å². The van der Waals surface area contributed by atoms with Gasteiger partial charge in [0.1, 0.15) is 17.2 Å². The van der Waals surface area contributed by atoms with Crippen LogP contribution >= 0.6 is 15.9 Å². The summed E-state index contributed by atoms with van der Waals surface area (Å²) in [6.07, 6.45) is 6.17. The highest BCUT2D eigenvalue weighted by atomic mass is 79.9. The summed E-state index contributed by atoms with van der Waals surface area (Å²) in [7, 11) is 0. The summed E-state index contributed by atoms with van der Waals surface area (Å²) in [5, 5.41) is 0.869. The Bertz CT molecular complexity index is 548. The molecule has 0 amide bonds. The summed E-state index contributed by atoms with van der Waals surface area (Å²) >= 11 is 3.78. The van der Waals surface area contributed by atoms with Gasteiger partial charge < -0.3 is 4.42 Å². The number of fused-ring (bicyclic) bond motifs is 1. The van der Waals surface area contributed by atoms with E-state index in [1.165, 1.54) is 31.7 Å². The molecule has 1 fully saturated rings. The van der Waals surface area contributed by atoms with E-state index in [1.807, 2.05) is 6.07 Å². The summed E-state index contributed by atoms with van der Waals surface area (Å²) in [5.41, 5.74) is 0.787. The maximum absolute atomic E-state index is 13.2. The molecule has 0 saturated heterocycles. The number of furan rings is 1. The average Bonchev–Trinajstić information content (AvgIpc) is 2.63. The average molecular weight is 311 g/mol. The fraction of sp³-hybridized carbons (Fsp3) is 0.467. The van der Waals surface area contributed by atoms with Crippen molar-refractivity contribution in [1.29, 1.82) is 0 Å². The zero-order valence-corrected chi connectivity index (χ0v) is 11.7. The van der Waals surface area contributed by atoms with Gasteiger partial charge in [-0.1, -0.05) is 35.2 Å². The molecule has 0 spiro atoms. The van der Waals surface area contributed by atoms with Crippen molar-refractivity contribution in [3.8, 4) is 0 Å². The molecule has 0 bridgehead atoms. The Balaban J connectivity index is 1.97. The first-order valence-corrected chi connectivity index (χ1v) is 7.49. The molecule has 1 nitrogen and oxygen atoms in total. The van der Waals surface area contributed by atoms with Crippen molar-refractivity contribution >= 4 is 26.9 Å². The van der Waals surface area contributed by atoms with Gasteiger partial charge in [0.25, 0.3) is 0 Å². The molecule has 1 aromatic heterocycles. The molecule has 0 radical (unpaired) electrons. The van der Waals surface area contributed by atoms with Crippen LogP contribution in [0.1, 0.15) is 43.8 Å². The summed E-state index contributed by atoms with van der Waals surface area (Å²) in [4.78, 5) is 0.477. The van der Waals surface area contributed by atoms with Gasteiger partial charge in [0.15, 0.2) is 0 Å². The van der Waals surface area contributed by atoms with Crippen molar-refractivity contribution in [3.05, 3.63) is 35.8 Å². The summed E-state index contributed by atoms with van der Waals surface area (Å²) in [6.45, 7) is 0. The second kappa shape index (κ2) is 5.04. The van der Waals surface area contributed by atoms with E-state index in [0.29, 0.717) is 10.7 Å². The molecule has 3 rings (SSSR count). The van der Waals surface area contributed by atoms with Gasteiger partial charge in [0.05, 0.1) is 0 Å². The fourth-order valence-electron chi connectivity index (χ4n) is 2.80. The lowest BCUT2D eigenvalue weighted by atomic mass is 9.97. The number of hydrogen-bond acceptors (Lipinski definition) is 1. The molecule has 2 unspecified atom stereocenters. The van der Waals surface area contributed by atoms with E-state index in [2.05, 4.69) is 15.9 Å². The van der Waals surface area contributed by atoms with Gasteiger partial charge in [-0.25, -0.2) is 4.39 Å². The molecule has 96 valence electrons. The smallest absolute Gasteiger partial charge is 0.134 e. The maximum atomic E-state index is 13.2. The monoisotopic (exact) mass is 310 g/mol. The van der Waals surface area contributed by atoms with Crippen LogP contribution in [0.25, 0.3) is 11.0 Å². The molecule has 1 aliphatic rings. The van der Waals surface area contributed by atoms with Crippen LogP contribution in [0.4, 0.5) is 4.39 Å². The van der Waals surface area contributed by atoms with E-state index in [0.717, 1.165) is 23.2 Å². The molecule has 1 heterocycles. The molecule has 3 heteroatoms. The third kappa shape index (κ3) is 2.33. The normalized spacial score (nSPS) is 25.2. The number of hydrogen-bond donors (Lipinski definition) is 0. The second-order valence-corrected chi connectivity index (χ2v) is 6.27. The molecule has 1 saturated carbocycles. The number of rotatable bonds is 1. The molecule has 2 aromatic rings. The van der Waals surface area contributed by atoms with Gasteiger partial charge in [-0.3, -0.25) is 0 Å². The van der Waals surface area contributed by atoms with Crippen molar-refractivity contribution in [2.75, 3.05) is 0 Å². The molecule has 1 aliphatic carbocycles. The Hall–Kier alpha value is -0.830. The Morgan fingerprint density at radius 2 is 1.94 bits per heavy atom. The predicted molar refractivity (Wildman–Crippen MR) is 74.7 cm³/mol. The molecule has 0 aliphatic heterocycles. The quantitative estimate of drug-likeness (QED) is 0.509. The molecule has 0 N–H and O–H groups in total. The highest BCUT2D eigenvalue weighted by Crippen LogP contribution is 2.38. The van der Waals surface area contributed by atoms with Crippen molar-refractivity contribution < 1.29 is 8.81 Å². The lowest BCUT2D eigenvalue weighted by Gasteiger charge is -2.16. The zero-order chi connectivity index (χ0) is 12.5. The summed E-state index contributed by atoms with van der Waals surface area (Å²) in [6, 6.07) is 6.72. The van der Waals surface area contributed by atoms with Crippen LogP contribution in [0.15, 0.2) is 28.7 Å². The van der Waals surface area contributed by atoms with E-state index >= 15 is 0 Å². The van der Waals surface area contributed by atoms with E-state index in [1.54, 1.807) is 12.1 Å². The predicted octanol–water partition coefficient (Wildman–Crippen LogP) is 5.38. The van der Waals surface area contributed by atoms with Gasteiger partial charge in [0, 0.05) is 16.1 Å². The first-order chi connectivity index (χ1) is 8.74. The maximum Gasteiger partial charge on any atom is 0.134 e. The first kappa shape index (κ1) is 12.2. The van der Waals surface area contributed by atoms with E-state index in [-0.39, 0.29) is 5.82 Å². The number of alkyl halides is 1. The second-order valence-electron chi connectivity index (χ2n) is 5.09. The van der Waals surface area contributed by atoms with Crippen LogP contribution in [0, 0.1) is 5.82 Å². The minimum absolute atomic E-state index is 0.203. The van der Waals surface area contributed by atoms with Crippen molar-refractivity contribution in [2.45, 2.75) is 42.8 Å². The standard InChI is InChI=1S/C15H16BrFO/c16-13-5-3-1-2-4-12(13)15-9-10-8-11(17)6-7-14(10)18-15/h6-9,12-13H,1-5H2. The number of halogens is 2. The van der Waals surface area contributed by atoms with E-state index in [4.69, 9.17) is 4.42 Å². The van der Waals surface area contributed by atoms with Crippen LogP contribution in [-0.4, -0.2) is 4.83 Å². The van der Waals surface area contributed by atoms with E-state index in [9.17, 15) is 4.39 Å². The SMILES string of the molecule is Fc1ccc2oc(C3CCCCCC3Br)cc2c1. The third-order valence-electron chi connectivity index (χ3n) is 3.79. The van der Waals surface area contributed by atoms with Crippen molar-refractivity contribution in [3.63, 3.8) is 0 Å². The van der Waals surface area contributed by atoms with Crippen LogP contribution < -0.4 is 0 Å². The fourth-order valence-corrected chi connectivity index (χ4v) is 3.65. The van der Waals surface area contributed by atoms with Gasteiger partial charge in [-0.05, 0) is 37.1 Å². The lowest BCUT2D eigenvalue weighted by Crippen LogP contribution is -2.09. The Morgan fingerprint density at radius 3 is 2.83 bits per heavy atom. The van der Waals surface area contributed by atoms with Crippen LogP contribution in [0.5, 0.6) is 0 Å². The van der Waals surface area contributed by atoms with Crippen LogP contribution in [-0.2, 0) is 0 Å². The Kier molecular flexibility index (Phi) is 3.42. The Morgan fingerprint density at radius 1 is 1.11 bits per heavy atom. The van der Waals surface area contributed by atoms with Crippen molar-refractivity contribution in [2.24, 2.45) is 0 Å².